The Bertz CT molecular complexity index is 1220. The molecule has 1 fully saturated rings. The molecule has 1 aromatic heterocycles. The summed E-state index contributed by atoms with van der Waals surface area (Å²) >= 11 is 0. The second-order valence-corrected chi connectivity index (χ2v) is 9.55. The maximum atomic E-state index is 13.1. The second-order valence-electron chi connectivity index (χ2n) is 7.65. The van der Waals surface area contributed by atoms with Gasteiger partial charge < -0.3 is 4.52 Å². The number of sulfonamides is 1. The molecule has 1 unspecified atom stereocenters. The number of nitro groups is 1. The average Bonchev–Trinajstić information content (AvgIpc) is 3.29. The van der Waals surface area contributed by atoms with Gasteiger partial charge in [0.15, 0.2) is 0 Å². The van der Waals surface area contributed by atoms with E-state index in [2.05, 4.69) is 15.0 Å². The summed E-state index contributed by atoms with van der Waals surface area (Å²) < 4.78 is 33.1. The maximum Gasteiger partial charge on any atom is 0.270 e. The van der Waals surface area contributed by atoms with E-state index in [-0.39, 0.29) is 29.7 Å². The van der Waals surface area contributed by atoms with Crippen LogP contribution in [0, 0.1) is 17.0 Å². The lowest BCUT2D eigenvalue weighted by molar-refractivity contribution is -0.385. The van der Waals surface area contributed by atoms with Crippen molar-refractivity contribution in [2.75, 3.05) is 26.2 Å². The van der Waals surface area contributed by atoms with Gasteiger partial charge in [-0.1, -0.05) is 41.6 Å². The Labute approximate surface area is 185 Å². The lowest BCUT2D eigenvalue weighted by atomic mass is 10.2. The van der Waals surface area contributed by atoms with Crippen LogP contribution in [0.25, 0.3) is 11.4 Å². The van der Waals surface area contributed by atoms with Crippen LogP contribution in [-0.2, 0) is 10.0 Å². The van der Waals surface area contributed by atoms with Gasteiger partial charge in [0, 0.05) is 43.9 Å². The number of hydrogen-bond acceptors (Lipinski definition) is 8. The zero-order chi connectivity index (χ0) is 22.9. The van der Waals surface area contributed by atoms with Crippen LogP contribution in [0.2, 0.25) is 0 Å². The van der Waals surface area contributed by atoms with Crippen molar-refractivity contribution >= 4 is 15.7 Å². The van der Waals surface area contributed by atoms with Crippen LogP contribution in [0.4, 0.5) is 5.69 Å². The molecule has 4 rings (SSSR count). The molecule has 11 heteroatoms. The first-order valence-electron chi connectivity index (χ1n) is 10.2. The molecule has 1 aliphatic rings. The fourth-order valence-electron chi connectivity index (χ4n) is 3.72. The SMILES string of the molecule is Cc1ccc([N+](=O)[O-])cc1S(=O)(=O)N1CCN(C(C)c2nc(-c3ccccc3)no2)CC1. The fraction of sp³-hybridized carbons (Fsp3) is 0.333. The summed E-state index contributed by atoms with van der Waals surface area (Å²) in [5.41, 5.74) is 1.09. The van der Waals surface area contributed by atoms with Gasteiger partial charge in [0.25, 0.3) is 5.69 Å². The summed E-state index contributed by atoms with van der Waals surface area (Å²) in [6, 6.07) is 13.2. The Balaban J connectivity index is 1.46. The largest absolute Gasteiger partial charge is 0.337 e. The van der Waals surface area contributed by atoms with Crippen molar-refractivity contribution in [2.45, 2.75) is 24.8 Å². The molecule has 0 bridgehead atoms. The van der Waals surface area contributed by atoms with Crippen molar-refractivity contribution in [3.05, 3.63) is 70.1 Å². The number of piperazine rings is 1. The molecule has 0 spiro atoms. The van der Waals surface area contributed by atoms with Crippen LogP contribution in [0.1, 0.15) is 24.4 Å². The van der Waals surface area contributed by atoms with E-state index >= 15 is 0 Å². The molecule has 32 heavy (non-hydrogen) atoms. The molecule has 1 aliphatic heterocycles. The fourth-order valence-corrected chi connectivity index (χ4v) is 5.38. The Morgan fingerprint density at radius 1 is 1.09 bits per heavy atom. The number of rotatable bonds is 6. The van der Waals surface area contributed by atoms with E-state index in [9.17, 15) is 18.5 Å². The van der Waals surface area contributed by atoms with Gasteiger partial charge in [-0.3, -0.25) is 15.0 Å². The first kappa shape index (κ1) is 22.1. The number of non-ortho nitro benzene ring substituents is 1. The van der Waals surface area contributed by atoms with Gasteiger partial charge in [0.05, 0.1) is 15.9 Å². The molecule has 0 saturated carbocycles. The summed E-state index contributed by atoms with van der Waals surface area (Å²) in [6.07, 6.45) is 0. The summed E-state index contributed by atoms with van der Waals surface area (Å²) in [6.45, 7) is 5.03. The molecular weight excluding hydrogens is 434 g/mol. The Morgan fingerprint density at radius 2 is 1.78 bits per heavy atom. The van der Waals surface area contributed by atoms with Gasteiger partial charge in [-0.15, -0.1) is 0 Å². The van der Waals surface area contributed by atoms with Crippen molar-refractivity contribution in [3.8, 4) is 11.4 Å². The highest BCUT2D eigenvalue weighted by atomic mass is 32.2. The maximum absolute atomic E-state index is 13.1. The lowest BCUT2D eigenvalue weighted by Crippen LogP contribution is -2.49. The highest BCUT2D eigenvalue weighted by molar-refractivity contribution is 7.89. The molecule has 0 N–H and O–H groups in total. The zero-order valence-corrected chi connectivity index (χ0v) is 18.5. The van der Waals surface area contributed by atoms with Gasteiger partial charge in [0.2, 0.25) is 21.7 Å². The molecule has 0 radical (unpaired) electrons. The van der Waals surface area contributed by atoms with Gasteiger partial charge in [-0.25, -0.2) is 8.42 Å². The van der Waals surface area contributed by atoms with Gasteiger partial charge in [0.1, 0.15) is 0 Å². The topological polar surface area (TPSA) is 123 Å². The van der Waals surface area contributed by atoms with E-state index in [4.69, 9.17) is 4.52 Å². The molecule has 2 heterocycles. The number of aryl methyl sites for hydroxylation is 1. The van der Waals surface area contributed by atoms with Crippen LogP contribution in [0.5, 0.6) is 0 Å². The summed E-state index contributed by atoms with van der Waals surface area (Å²) in [7, 11) is -3.84. The monoisotopic (exact) mass is 457 g/mol. The Kier molecular flexibility index (Phi) is 6.04. The highest BCUT2D eigenvalue weighted by Gasteiger charge is 2.33. The number of hydrogen-bond donors (Lipinski definition) is 0. The van der Waals surface area contributed by atoms with Crippen LogP contribution >= 0.6 is 0 Å². The highest BCUT2D eigenvalue weighted by Crippen LogP contribution is 2.28. The molecule has 3 aromatic rings. The third-order valence-electron chi connectivity index (χ3n) is 5.65. The molecular formula is C21H23N5O5S. The van der Waals surface area contributed by atoms with E-state index in [1.165, 1.54) is 16.4 Å². The number of aromatic nitrogens is 2. The van der Waals surface area contributed by atoms with E-state index < -0.39 is 14.9 Å². The van der Waals surface area contributed by atoms with Crippen molar-refractivity contribution < 1.29 is 17.9 Å². The van der Waals surface area contributed by atoms with Crippen molar-refractivity contribution in [2.24, 2.45) is 0 Å². The minimum atomic E-state index is -3.84. The second kappa shape index (κ2) is 8.77. The van der Waals surface area contributed by atoms with Crippen LogP contribution in [0.3, 0.4) is 0 Å². The van der Waals surface area contributed by atoms with Crippen LogP contribution in [-0.4, -0.2) is 58.9 Å². The first-order chi connectivity index (χ1) is 15.3. The molecule has 1 saturated heterocycles. The number of benzene rings is 2. The molecule has 1 atom stereocenters. The molecule has 2 aromatic carbocycles. The Hall–Kier alpha value is -3.15. The number of nitro benzene ring substituents is 1. The normalized spacial score (nSPS) is 16.7. The third-order valence-corrected chi connectivity index (χ3v) is 7.69. The lowest BCUT2D eigenvalue weighted by Gasteiger charge is -2.36. The minimum Gasteiger partial charge on any atom is -0.337 e. The predicted molar refractivity (Wildman–Crippen MR) is 116 cm³/mol. The summed E-state index contributed by atoms with van der Waals surface area (Å²) in [4.78, 5) is 17.0. The molecule has 0 aliphatic carbocycles. The number of nitrogens with zero attached hydrogens (tertiary/aromatic N) is 5. The van der Waals surface area contributed by atoms with E-state index in [0.717, 1.165) is 11.6 Å². The third kappa shape index (κ3) is 4.27. The van der Waals surface area contributed by atoms with Gasteiger partial charge >= 0.3 is 0 Å². The van der Waals surface area contributed by atoms with Crippen LogP contribution < -0.4 is 0 Å². The Morgan fingerprint density at radius 3 is 2.44 bits per heavy atom. The minimum absolute atomic E-state index is 0.0300. The smallest absolute Gasteiger partial charge is 0.270 e. The van der Waals surface area contributed by atoms with Gasteiger partial charge in [-0.05, 0) is 19.4 Å². The quantitative estimate of drug-likeness (QED) is 0.409. The summed E-state index contributed by atoms with van der Waals surface area (Å²) in [5.74, 6) is 0.976. The zero-order valence-electron chi connectivity index (χ0n) is 17.7. The molecule has 168 valence electrons. The average molecular weight is 458 g/mol. The van der Waals surface area contributed by atoms with Crippen molar-refractivity contribution in [1.29, 1.82) is 0 Å². The van der Waals surface area contributed by atoms with Crippen LogP contribution in [0.15, 0.2) is 57.9 Å². The van der Waals surface area contributed by atoms with E-state index in [1.807, 2.05) is 37.3 Å². The van der Waals surface area contributed by atoms with E-state index in [1.54, 1.807) is 6.92 Å². The van der Waals surface area contributed by atoms with E-state index in [0.29, 0.717) is 30.4 Å². The van der Waals surface area contributed by atoms with Gasteiger partial charge in [-0.2, -0.15) is 9.29 Å². The standard InChI is InChI=1S/C21H23N5O5S/c1-15-8-9-18(26(27)28)14-19(15)32(29,30)25-12-10-24(11-13-25)16(2)21-22-20(23-31-21)17-6-4-3-5-7-17/h3-9,14,16H,10-13H2,1-2H3. The predicted octanol–water partition coefficient (Wildman–Crippen LogP) is 3.02. The summed E-state index contributed by atoms with van der Waals surface area (Å²) in [5, 5.41) is 15.1. The van der Waals surface area contributed by atoms with Crippen molar-refractivity contribution in [1.82, 2.24) is 19.3 Å². The van der Waals surface area contributed by atoms with Crippen molar-refractivity contribution in [3.63, 3.8) is 0 Å². The molecule has 10 nitrogen and oxygen atoms in total. The molecule has 0 amide bonds. The first-order valence-corrected chi connectivity index (χ1v) is 11.6.